The highest BCUT2D eigenvalue weighted by Crippen LogP contribution is 2.36. The molecule has 3 unspecified atom stereocenters. The van der Waals surface area contributed by atoms with Crippen molar-refractivity contribution in [3.05, 3.63) is 0 Å². The normalized spacial score (nSPS) is 48.0. The second-order valence-corrected chi connectivity index (χ2v) is 3.89. The fourth-order valence-corrected chi connectivity index (χ4v) is 2.53. The van der Waals surface area contributed by atoms with Gasteiger partial charge in [-0.05, 0) is 31.7 Å². The molecule has 2 nitrogen and oxygen atoms in total. The van der Waals surface area contributed by atoms with Crippen LogP contribution < -0.4 is 5.73 Å². The lowest BCUT2D eigenvalue weighted by Crippen LogP contribution is -2.29. The quantitative estimate of drug-likeness (QED) is 0.524. The molecule has 0 aromatic carbocycles. The lowest BCUT2D eigenvalue weighted by Gasteiger charge is -2.12. The molecule has 1 heterocycles. The molecule has 3 atom stereocenters. The molecule has 1 saturated carbocycles. The maximum absolute atomic E-state index is 5.96. The monoisotopic (exact) mass is 140 g/mol. The van der Waals surface area contributed by atoms with Gasteiger partial charge in [0.15, 0.2) is 0 Å². The van der Waals surface area contributed by atoms with Gasteiger partial charge in [-0.3, -0.25) is 0 Å². The Bertz CT molecular complexity index is 135. The predicted molar refractivity (Wildman–Crippen MR) is 41.7 cm³/mol. The van der Waals surface area contributed by atoms with E-state index in [0.29, 0.717) is 6.04 Å². The SMILES string of the molecule is CN1CC2CCC(N)C2C1. The first kappa shape index (κ1) is 6.62. The van der Waals surface area contributed by atoms with Gasteiger partial charge in [-0.25, -0.2) is 0 Å². The van der Waals surface area contributed by atoms with Crippen LogP contribution in [0, 0.1) is 11.8 Å². The zero-order valence-corrected chi connectivity index (χ0v) is 6.59. The van der Waals surface area contributed by atoms with E-state index in [2.05, 4.69) is 11.9 Å². The molecule has 0 bridgehead atoms. The van der Waals surface area contributed by atoms with Crippen molar-refractivity contribution in [2.75, 3.05) is 20.1 Å². The first-order valence-corrected chi connectivity index (χ1v) is 4.21. The summed E-state index contributed by atoms with van der Waals surface area (Å²) in [4.78, 5) is 2.41. The summed E-state index contributed by atoms with van der Waals surface area (Å²) in [5, 5.41) is 0. The summed E-state index contributed by atoms with van der Waals surface area (Å²) in [7, 11) is 2.20. The number of nitrogens with zero attached hydrogens (tertiary/aromatic N) is 1. The molecule has 2 heteroatoms. The first-order valence-electron chi connectivity index (χ1n) is 4.21. The van der Waals surface area contributed by atoms with Crippen molar-refractivity contribution < 1.29 is 0 Å². The molecule has 2 fully saturated rings. The van der Waals surface area contributed by atoms with Crippen molar-refractivity contribution in [3.63, 3.8) is 0 Å². The van der Waals surface area contributed by atoms with Crippen molar-refractivity contribution in [1.29, 1.82) is 0 Å². The zero-order valence-electron chi connectivity index (χ0n) is 6.59. The van der Waals surface area contributed by atoms with Crippen molar-refractivity contribution >= 4 is 0 Å². The molecular weight excluding hydrogens is 124 g/mol. The number of fused-ring (bicyclic) bond motifs is 1. The van der Waals surface area contributed by atoms with Gasteiger partial charge in [0.1, 0.15) is 0 Å². The molecule has 2 N–H and O–H groups in total. The van der Waals surface area contributed by atoms with E-state index in [1.165, 1.54) is 25.9 Å². The molecule has 0 aromatic rings. The van der Waals surface area contributed by atoms with E-state index in [0.717, 1.165) is 11.8 Å². The Hall–Kier alpha value is -0.0800. The standard InChI is InChI=1S/C8H16N2/c1-10-4-6-2-3-8(9)7(6)5-10/h6-8H,2-5,9H2,1H3. The van der Waals surface area contributed by atoms with Gasteiger partial charge in [0.25, 0.3) is 0 Å². The highest BCUT2D eigenvalue weighted by atomic mass is 15.1. The molecule has 10 heavy (non-hydrogen) atoms. The van der Waals surface area contributed by atoms with Gasteiger partial charge in [0, 0.05) is 19.1 Å². The van der Waals surface area contributed by atoms with Crippen LogP contribution in [0.3, 0.4) is 0 Å². The van der Waals surface area contributed by atoms with Gasteiger partial charge < -0.3 is 10.6 Å². The molecule has 58 valence electrons. The van der Waals surface area contributed by atoms with Crippen molar-refractivity contribution in [2.45, 2.75) is 18.9 Å². The highest BCUT2D eigenvalue weighted by molar-refractivity contribution is 4.94. The van der Waals surface area contributed by atoms with Crippen molar-refractivity contribution in [3.8, 4) is 0 Å². The maximum atomic E-state index is 5.96. The van der Waals surface area contributed by atoms with Crippen LogP contribution in [0.1, 0.15) is 12.8 Å². The fraction of sp³-hybridized carbons (Fsp3) is 1.00. The smallest absolute Gasteiger partial charge is 0.00826 e. The maximum Gasteiger partial charge on any atom is 0.00826 e. The molecule has 1 saturated heterocycles. The van der Waals surface area contributed by atoms with Crippen LogP contribution >= 0.6 is 0 Å². The molecule has 0 radical (unpaired) electrons. The van der Waals surface area contributed by atoms with Crippen LogP contribution in [0.4, 0.5) is 0 Å². The topological polar surface area (TPSA) is 29.3 Å². The molecule has 1 aliphatic heterocycles. The third kappa shape index (κ3) is 0.867. The van der Waals surface area contributed by atoms with Crippen LogP contribution in [-0.4, -0.2) is 31.1 Å². The number of rotatable bonds is 0. The van der Waals surface area contributed by atoms with Gasteiger partial charge in [-0.2, -0.15) is 0 Å². The molecular formula is C8H16N2. The van der Waals surface area contributed by atoms with E-state index >= 15 is 0 Å². The van der Waals surface area contributed by atoms with Crippen molar-refractivity contribution in [2.24, 2.45) is 17.6 Å². The van der Waals surface area contributed by atoms with Crippen LogP contribution in [0.25, 0.3) is 0 Å². The average molecular weight is 140 g/mol. The van der Waals surface area contributed by atoms with Crippen LogP contribution in [0.5, 0.6) is 0 Å². The van der Waals surface area contributed by atoms with Gasteiger partial charge in [-0.15, -0.1) is 0 Å². The minimum absolute atomic E-state index is 0.509. The number of nitrogens with two attached hydrogens (primary N) is 1. The van der Waals surface area contributed by atoms with E-state index in [-0.39, 0.29) is 0 Å². The second-order valence-electron chi connectivity index (χ2n) is 3.89. The number of hydrogen-bond donors (Lipinski definition) is 1. The molecule has 0 spiro atoms. The third-order valence-electron chi connectivity index (χ3n) is 3.09. The number of hydrogen-bond acceptors (Lipinski definition) is 2. The minimum Gasteiger partial charge on any atom is -0.327 e. The van der Waals surface area contributed by atoms with E-state index in [1.807, 2.05) is 0 Å². The zero-order chi connectivity index (χ0) is 7.14. The summed E-state index contributed by atoms with van der Waals surface area (Å²) >= 11 is 0. The van der Waals surface area contributed by atoms with Crippen LogP contribution in [0.15, 0.2) is 0 Å². The summed E-state index contributed by atoms with van der Waals surface area (Å²) in [6.07, 6.45) is 2.64. The van der Waals surface area contributed by atoms with E-state index in [1.54, 1.807) is 0 Å². The van der Waals surface area contributed by atoms with E-state index < -0.39 is 0 Å². The Kier molecular flexibility index (Phi) is 1.46. The van der Waals surface area contributed by atoms with Crippen LogP contribution in [-0.2, 0) is 0 Å². The Labute approximate surface area is 62.4 Å². The van der Waals surface area contributed by atoms with Gasteiger partial charge in [-0.1, -0.05) is 0 Å². The second kappa shape index (κ2) is 2.21. The molecule has 0 amide bonds. The van der Waals surface area contributed by atoms with Gasteiger partial charge >= 0.3 is 0 Å². The Morgan fingerprint density at radius 3 is 2.80 bits per heavy atom. The Balaban J connectivity index is 2.05. The number of likely N-dealkylation sites (tertiary alicyclic amines) is 1. The molecule has 2 aliphatic rings. The van der Waals surface area contributed by atoms with E-state index in [9.17, 15) is 0 Å². The van der Waals surface area contributed by atoms with Crippen molar-refractivity contribution in [1.82, 2.24) is 4.90 Å². The average Bonchev–Trinajstić information content (AvgIpc) is 2.35. The first-order chi connectivity index (χ1) is 4.77. The molecule has 1 aliphatic carbocycles. The Morgan fingerprint density at radius 2 is 2.10 bits per heavy atom. The summed E-state index contributed by atoms with van der Waals surface area (Å²) in [6, 6.07) is 0.509. The fourth-order valence-electron chi connectivity index (χ4n) is 2.53. The minimum atomic E-state index is 0.509. The lowest BCUT2D eigenvalue weighted by molar-refractivity contribution is 0.368. The largest absolute Gasteiger partial charge is 0.327 e. The summed E-state index contributed by atoms with van der Waals surface area (Å²) < 4.78 is 0. The summed E-state index contributed by atoms with van der Waals surface area (Å²) in [6.45, 7) is 2.53. The summed E-state index contributed by atoms with van der Waals surface area (Å²) in [5.74, 6) is 1.75. The van der Waals surface area contributed by atoms with Gasteiger partial charge in [0.05, 0.1) is 0 Å². The van der Waals surface area contributed by atoms with E-state index in [4.69, 9.17) is 5.73 Å². The van der Waals surface area contributed by atoms with Gasteiger partial charge in [0.2, 0.25) is 0 Å². The molecule has 0 aromatic heterocycles. The Morgan fingerprint density at radius 1 is 1.30 bits per heavy atom. The predicted octanol–water partition coefficient (Wildman–Crippen LogP) is 0.285. The highest BCUT2D eigenvalue weighted by Gasteiger charge is 2.39. The third-order valence-corrected chi connectivity index (χ3v) is 3.09. The lowest BCUT2D eigenvalue weighted by atomic mass is 9.98. The summed E-state index contributed by atoms with van der Waals surface area (Å²) in [5.41, 5.74) is 5.96. The molecule has 2 rings (SSSR count). The van der Waals surface area contributed by atoms with Crippen LogP contribution in [0.2, 0.25) is 0 Å².